The van der Waals surface area contributed by atoms with Crippen molar-refractivity contribution < 1.29 is 19.4 Å². The molecule has 0 fully saturated rings. The fourth-order valence-electron chi connectivity index (χ4n) is 4.86. The lowest BCUT2D eigenvalue weighted by molar-refractivity contribution is -0.137. The Morgan fingerprint density at radius 1 is 1.00 bits per heavy atom. The molecule has 0 spiro atoms. The van der Waals surface area contributed by atoms with E-state index in [-0.39, 0.29) is 22.6 Å². The highest BCUT2D eigenvalue weighted by Gasteiger charge is 2.42. The second-order valence-electron chi connectivity index (χ2n) is 11.8. The third-order valence-electron chi connectivity index (χ3n) is 6.75. The summed E-state index contributed by atoms with van der Waals surface area (Å²) in [4.78, 5) is 26.9. The van der Waals surface area contributed by atoms with Crippen molar-refractivity contribution >= 4 is 29.2 Å². The Hall–Kier alpha value is -3.38. The zero-order valence-corrected chi connectivity index (χ0v) is 22.5. The summed E-state index contributed by atoms with van der Waals surface area (Å²) < 4.78 is 5.55. The summed E-state index contributed by atoms with van der Waals surface area (Å²) in [5.41, 5.74) is 5.51. The largest absolute Gasteiger partial charge is 0.507 e. The maximum Gasteiger partial charge on any atom is 0.325 e. The van der Waals surface area contributed by atoms with Crippen LogP contribution in [0.2, 0.25) is 0 Å². The SMILES string of the molecule is Cc1csc(C2C(=O)OC3=C2NC2=CC(=Cc4cc(C(C)(C)C)c(O)c(C(C)(C)C)c4)C(=O)C2=C3)c1. The summed E-state index contributed by atoms with van der Waals surface area (Å²) in [5, 5.41) is 16.4. The summed E-state index contributed by atoms with van der Waals surface area (Å²) in [6.45, 7) is 14.4. The number of aromatic hydroxyl groups is 1. The van der Waals surface area contributed by atoms with Gasteiger partial charge in [-0.25, -0.2) is 0 Å². The Balaban J connectivity index is 1.54. The number of phenolic OH excluding ortho intramolecular Hbond substituents is 1. The molecule has 3 heterocycles. The van der Waals surface area contributed by atoms with E-state index in [1.54, 1.807) is 6.08 Å². The van der Waals surface area contributed by atoms with Crippen molar-refractivity contribution in [3.05, 3.63) is 91.2 Å². The van der Waals surface area contributed by atoms with E-state index in [0.717, 1.165) is 27.1 Å². The third kappa shape index (κ3) is 4.03. The van der Waals surface area contributed by atoms with Crippen LogP contribution in [0.5, 0.6) is 5.75 Å². The number of fused-ring (bicyclic) bond motifs is 1. The van der Waals surface area contributed by atoms with E-state index in [9.17, 15) is 14.7 Å². The van der Waals surface area contributed by atoms with Crippen molar-refractivity contribution in [2.45, 2.75) is 65.2 Å². The number of carbonyl (C=O) groups excluding carboxylic acids is 2. The first-order valence-corrected chi connectivity index (χ1v) is 13.0. The lowest BCUT2D eigenvalue weighted by atomic mass is 9.78. The number of aryl methyl sites for hydroxylation is 1. The van der Waals surface area contributed by atoms with Crippen molar-refractivity contribution in [1.29, 1.82) is 0 Å². The van der Waals surface area contributed by atoms with Crippen LogP contribution in [0.15, 0.2) is 64.0 Å². The number of ether oxygens (including phenoxy) is 1. The Morgan fingerprint density at radius 3 is 2.19 bits per heavy atom. The number of allylic oxidation sites excluding steroid dienone is 4. The van der Waals surface area contributed by atoms with E-state index in [2.05, 4.69) is 46.9 Å². The number of phenols is 1. The number of esters is 1. The van der Waals surface area contributed by atoms with Crippen LogP contribution in [0.25, 0.3) is 6.08 Å². The van der Waals surface area contributed by atoms with Crippen LogP contribution in [-0.2, 0) is 25.2 Å². The average molecular weight is 502 g/mol. The number of rotatable bonds is 2. The molecule has 5 rings (SSSR count). The first kappa shape index (κ1) is 24.3. The van der Waals surface area contributed by atoms with Gasteiger partial charge in [0.15, 0.2) is 11.5 Å². The molecule has 1 aliphatic carbocycles. The van der Waals surface area contributed by atoms with Gasteiger partial charge in [-0.1, -0.05) is 41.5 Å². The van der Waals surface area contributed by atoms with E-state index in [1.165, 1.54) is 11.3 Å². The van der Waals surface area contributed by atoms with E-state index >= 15 is 0 Å². The van der Waals surface area contributed by atoms with Crippen molar-refractivity contribution in [3.8, 4) is 5.75 Å². The topological polar surface area (TPSA) is 75.6 Å². The Labute approximate surface area is 215 Å². The van der Waals surface area contributed by atoms with Crippen LogP contribution in [0.4, 0.5) is 0 Å². The lowest BCUT2D eigenvalue weighted by Crippen LogP contribution is -2.23. The van der Waals surface area contributed by atoms with Crippen LogP contribution in [-0.4, -0.2) is 16.9 Å². The number of thiophene rings is 1. The Bertz CT molecular complexity index is 1420. The first-order valence-electron chi connectivity index (χ1n) is 12.1. The summed E-state index contributed by atoms with van der Waals surface area (Å²) in [6, 6.07) is 5.92. The van der Waals surface area contributed by atoms with Crippen LogP contribution >= 0.6 is 11.3 Å². The number of Topliss-reactive ketones (excluding diaryl/α,β-unsaturated/α-hetero) is 1. The van der Waals surface area contributed by atoms with Crippen LogP contribution in [0.3, 0.4) is 0 Å². The maximum absolute atomic E-state index is 13.4. The molecule has 0 saturated carbocycles. The number of hydrogen-bond donors (Lipinski definition) is 2. The molecule has 1 aromatic heterocycles. The summed E-state index contributed by atoms with van der Waals surface area (Å²) in [6.07, 6.45) is 5.38. The minimum absolute atomic E-state index is 0.127. The van der Waals surface area contributed by atoms with Crippen LogP contribution < -0.4 is 5.32 Å². The minimum Gasteiger partial charge on any atom is -0.507 e. The molecule has 2 aromatic rings. The number of benzene rings is 1. The highest BCUT2D eigenvalue weighted by atomic mass is 32.1. The van der Waals surface area contributed by atoms with E-state index in [1.807, 2.05) is 42.7 Å². The van der Waals surface area contributed by atoms with Gasteiger partial charge >= 0.3 is 5.97 Å². The molecule has 186 valence electrons. The van der Waals surface area contributed by atoms with E-state index in [0.29, 0.717) is 34.0 Å². The van der Waals surface area contributed by atoms with Gasteiger partial charge in [0.05, 0.1) is 11.4 Å². The summed E-state index contributed by atoms with van der Waals surface area (Å²) >= 11 is 1.53. The number of nitrogens with one attached hydrogen (secondary N) is 1. The fourth-order valence-corrected chi connectivity index (χ4v) is 5.85. The van der Waals surface area contributed by atoms with E-state index in [4.69, 9.17) is 4.74 Å². The molecule has 3 aliphatic rings. The normalized spacial score (nSPS) is 20.8. The molecule has 0 radical (unpaired) electrons. The Morgan fingerprint density at radius 2 is 1.64 bits per heavy atom. The molecule has 0 bridgehead atoms. The quantitative estimate of drug-likeness (QED) is 0.374. The van der Waals surface area contributed by atoms with Gasteiger partial charge in [-0.05, 0) is 70.7 Å². The molecule has 0 amide bonds. The minimum atomic E-state index is -0.513. The Kier molecular flexibility index (Phi) is 5.45. The standard InChI is InChI=1S/C30H31NO4S/c1-15-8-23(36-14-15)24-25-22(35-28(24)34)13-18-21(31-25)12-17(26(18)32)9-16-10-19(29(2,3)4)27(33)20(11-16)30(5,6)7/h8-14,24,31,33H,1-7H3. The maximum atomic E-state index is 13.4. The highest BCUT2D eigenvalue weighted by Crippen LogP contribution is 2.43. The second-order valence-corrected chi connectivity index (χ2v) is 12.7. The van der Waals surface area contributed by atoms with Crippen molar-refractivity contribution in [2.75, 3.05) is 0 Å². The summed E-state index contributed by atoms with van der Waals surface area (Å²) in [7, 11) is 0. The summed E-state index contributed by atoms with van der Waals surface area (Å²) in [5.74, 6) is -0.251. The molecule has 1 unspecified atom stereocenters. The fraction of sp³-hybridized carbons (Fsp3) is 0.333. The smallest absolute Gasteiger partial charge is 0.325 e. The van der Waals surface area contributed by atoms with Gasteiger partial charge in [0.2, 0.25) is 0 Å². The van der Waals surface area contributed by atoms with Gasteiger partial charge in [0, 0.05) is 27.2 Å². The molecular formula is C30H31NO4S. The highest BCUT2D eigenvalue weighted by molar-refractivity contribution is 7.10. The molecule has 2 N–H and O–H groups in total. The molecule has 36 heavy (non-hydrogen) atoms. The average Bonchev–Trinajstić information content (AvgIpc) is 3.41. The molecule has 5 nitrogen and oxygen atoms in total. The second kappa shape index (κ2) is 8.07. The number of hydrogen-bond acceptors (Lipinski definition) is 6. The van der Waals surface area contributed by atoms with Gasteiger partial charge < -0.3 is 15.2 Å². The van der Waals surface area contributed by atoms with Crippen molar-refractivity contribution in [3.63, 3.8) is 0 Å². The molecule has 2 aliphatic heterocycles. The first-order chi connectivity index (χ1) is 16.7. The zero-order chi connectivity index (χ0) is 26.2. The molecule has 1 atom stereocenters. The predicted molar refractivity (Wildman–Crippen MR) is 143 cm³/mol. The lowest BCUT2D eigenvalue weighted by Gasteiger charge is -2.28. The van der Waals surface area contributed by atoms with Crippen LogP contribution in [0, 0.1) is 6.92 Å². The molecule has 6 heteroatoms. The molecular weight excluding hydrogens is 470 g/mol. The van der Waals surface area contributed by atoms with Crippen LogP contribution in [0.1, 0.15) is 74.6 Å². The third-order valence-corrected chi connectivity index (χ3v) is 7.86. The van der Waals surface area contributed by atoms with Gasteiger partial charge in [0.25, 0.3) is 0 Å². The molecule has 1 aromatic carbocycles. The van der Waals surface area contributed by atoms with Gasteiger partial charge in [0.1, 0.15) is 11.7 Å². The van der Waals surface area contributed by atoms with E-state index < -0.39 is 5.92 Å². The van der Waals surface area contributed by atoms with Gasteiger partial charge in [-0.15, -0.1) is 11.3 Å². The number of ketones is 1. The predicted octanol–water partition coefficient (Wildman–Crippen LogP) is 6.29. The van der Waals surface area contributed by atoms with Crippen molar-refractivity contribution in [2.24, 2.45) is 0 Å². The monoisotopic (exact) mass is 501 g/mol. The van der Waals surface area contributed by atoms with Gasteiger partial charge in [-0.3, -0.25) is 9.59 Å². The zero-order valence-electron chi connectivity index (χ0n) is 21.7. The molecule has 0 saturated heterocycles. The van der Waals surface area contributed by atoms with Gasteiger partial charge in [-0.2, -0.15) is 0 Å². The number of carbonyl (C=O) groups is 2. The number of dihydropyridines is 1. The van der Waals surface area contributed by atoms with Crippen molar-refractivity contribution in [1.82, 2.24) is 5.32 Å².